The molecule has 1 amide bonds. The Balaban J connectivity index is 1.99. The van der Waals surface area contributed by atoms with E-state index >= 15 is 0 Å². The van der Waals surface area contributed by atoms with Crippen LogP contribution in [0.25, 0.3) is 0 Å². The number of anilines is 1. The predicted molar refractivity (Wildman–Crippen MR) is 80.1 cm³/mol. The van der Waals surface area contributed by atoms with E-state index in [-0.39, 0.29) is 17.8 Å². The van der Waals surface area contributed by atoms with Crippen molar-refractivity contribution in [2.45, 2.75) is 31.6 Å². The number of aryl methyl sites for hydroxylation is 1. The third kappa shape index (κ3) is 2.49. The number of ether oxygens (including phenoxy) is 2. The van der Waals surface area contributed by atoms with Crippen LogP contribution in [0.15, 0.2) is 0 Å². The SMILES string of the molecule is COC(=O)c1c(NC(=O)C2CC2)sc2c1C(C(=O)OC)CC2. The van der Waals surface area contributed by atoms with Crippen molar-refractivity contribution in [3.63, 3.8) is 0 Å². The summed E-state index contributed by atoms with van der Waals surface area (Å²) in [4.78, 5) is 37.0. The summed E-state index contributed by atoms with van der Waals surface area (Å²) < 4.78 is 9.67. The summed E-state index contributed by atoms with van der Waals surface area (Å²) in [6.07, 6.45) is 3.09. The molecule has 0 bridgehead atoms. The Morgan fingerprint density at radius 3 is 2.45 bits per heavy atom. The second-order valence-corrected chi connectivity index (χ2v) is 6.62. The van der Waals surface area contributed by atoms with Crippen LogP contribution >= 0.6 is 11.3 Å². The van der Waals surface area contributed by atoms with Gasteiger partial charge >= 0.3 is 11.9 Å². The number of thiophene rings is 1. The summed E-state index contributed by atoms with van der Waals surface area (Å²) in [6.45, 7) is 0. The molecule has 1 fully saturated rings. The first-order valence-corrected chi connectivity index (χ1v) is 8.01. The van der Waals surface area contributed by atoms with Crippen LogP contribution < -0.4 is 5.32 Å². The number of fused-ring (bicyclic) bond motifs is 1. The van der Waals surface area contributed by atoms with Gasteiger partial charge in [0.05, 0.1) is 25.7 Å². The summed E-state index contributed by atoms with van der Waals surface area (Å²) in [6, 6.07) is 0. The van der Waals surface area contributed by atoms with Gasteiger partial charge in [-0.1, -0.05) is 0 Å². The van der Waals surface area contributed by atoms with E-state index in [1.165, 1.54) is 25.6 Å². The Morgan fingerprint density at radius 2 is 1.86 bits per heavy atom. The summed E-state index contributed by atoms with van der Waals surface area (Å²) in [5.41, 5.74) is 0.971. The van der Waals surface area contributed by atoms with Gasteiger partial charge in [0.15, 0.2) is 0 Å². The summed E-state index contributed by atoms with van der Waals surface area (Å²) in [7, 11) is 2.63. The first-order valence-electron chi connectivity index (χ1n) is 7.19. The fourth-order valence-electron chi connectivity index (χ4n) is 2.80. The average Bonchev–Trinajstić information content (AvgIpc) is 3.21. The van der Waals surface area contributed by atoms with Crippen molar-refractivity contribution in [2.75, 3.05) is 19.5 Å². The molecule has 1 saturated carbocycles. The number of esters is 2. The molecule has 0 saturated heterocycles. The number of methoxy groups -OCH3 is 2. The van der Waals surface area contributed by atoms with Crippen LogP contribution in [-0.2, 0) is 25.5 Å². The van der Waals surface area contributed by atoms with E-state index in [0.29, 0.717) is 29.0 Å². The van der Waals surface area contributed by atoms with Crippen molar-refractivity contribution in [3.05, 3.63) is 16.0 Å². The van der Waals surface area contributed by atoms with Gasteiger partial charge in [-0.2, -0.15) is 0 Å². The standard InChI is InChI=1S/C15H17NO5S/c1-20-14(18)8-5-6-9-10(8)11(15(19)21-2)13(22-9)16-12(17)7-3-4-7/h7-8H,3-6H2,1-2H3,(H,16,17). The van der Waals surface area contributed by atoms with Gasteiger partial charge in [0.2, 0.25) is 5.91 Å². The highest BCUT2D eigenvalue weighted by molar-refractivity contribution is 7.17. The maximum absolute atomic E-state index is 12.2. The largest absolute Gasteiger partial charge is 0.469 e. The van der Waals surface area contributed by atoms with Gasteiger partial charge in [0.25, 0.3) is 0 Å². The van der Waals surface area contributed by atoms with Crippen LogP contribution in [0.4, 0.5) is 5.00 Å². The molecule has 22 heavy (non-hydrogen) atoms. The number of hydrogen-bond acceptors (Lipinski definition) is 6. The monoisotopic (exact) mass is 323 g/mol. The van der Waals surface area contributed by atoms with Crippen molar-refractivity contribution >= 4 is 34.2 Å². The Bertz CT molecular complexity index is 647. The molecule has 0 aromatic carbocycles. The number of rotatable bonds is 4. The van der Waals surface area contributed by atoms with Gasteiger partial charge in [-0.3, -0.25) is 9.59 Å². The molecule has 1 N–H and O–H groups in total. The maximum atomic E-state index is 12.2. The third-order valence-corrected chi connectivity index (χ3v) is 5.27. The molecule has 1 unspecified atom stereocenters. The highest BCUT2D eigenvalue weighted by Gasteiger charge is 2.39. The van der Waals surface area contributed by atoms with E-state index in [2.05, 4.69) is 5.32 Å². The fraction of sp³-hybridized carbons (Fsp3) is 0.533. The minimum Gasteiger partial charge on any atom is -0.469 e. The van der Waals surface area contributed by atoms with Crippen LogP contribution in [0.3, 0.4) is 0 Å². The van der Waals surface area contributed by atoms with Gasteiger partial charge in [-0.25, -0.2) is 4.79 Å². The Labute approximate surface area is 131 Å². The minimum absolute atomic E-state index is 0.0406. The molecule has 0 radical (unpaired) electrons. The first-order chi connectivity index (χ1) is 10.6. The van der Waals surface area contributed by atoms with E-state index in [1.807, 2.05) is 0 Å². The molecule has 0 spiro atoms. The lowest BCUT2D eigenvalue weighted by molar-refractivity contribution is -0.142. The van der Waals surface area contributed by atoms with Gasteiger partial charge in [-0.05, 0) is 31.2 Å². The molecule has 2 aliphatic rings. The van der Waals surface area contributed by atoms with Crippen LogP contribution in [0, 0.1) is 5.92 Å². The number of hydrogen-bond donors (Lipinski definition) is 1. The van der Waals surface area contributed by atoms with Gasteiger partial charge in [-0.15, -0.1) is 11.3 Å². The van der Waals surface area contributed by atoms with E-state index in [0.717, 1.165) is 17.7 Å². The lowest BCUT2D eigenvalue weighted by Gasteiger charge is -2.11. The molecule has 6 nitrogen and oxygen atoms in total. The van der Waals surface area contributed by atoms with Crippen LogP contribution in [-0.4, -0.2) is 32.1 Å². The van der Waals surface area contributed by atoms with E-state index < -0.39 is 11.9 Å². The molecule has 1 atom stereocenters. The predicted octanol–water partition coefficient (Wildman–Crippen LogP) is 2.09. The van der Waals surface area contributed by atoms with Gasteiger partial charge in [0, 0.05) is 10.8 Å². The molecular weight excluding hydrogens is 306 g/mol. The number of carbonyl (C=O) groups is 3. The minimum atomic E-state index is -0.528. The van der Waals surface area contributed by atoms with Gasteiger partial charge < -0.3 is 14.8 Å². The van der Waals surface area contributed by atoms with Crippen molar-refractivity contribution in [3.8, 4) is 0 Å². The molecule has 2 aliphatic carbocycles. The molecular formula is C15H17NO5S. The third-order valence-electron chi connectivity index (χ3n) is 4.09. The Hall–Kier alpha value is -1.89. The van der Waals surface area contributed by atoms with Crippen molar-refractivity contribution in [1.82, 2.24) is 0 Å². The summed E-state index contributed by atoms with van der Waals surface area (Å²) in [5, 5.41) is 3.31. The molecule has 7 heteroatoms. The lowest BCUT2D eigenvalue weighted by Crippen LogP contribution is -2.18. The average molecular weight is 323 g/mol. The van der Waals surface area contributed by atoms with Crippen molar-refractivity contribution in [1.29, 1.82) is 0 Å². The van der Waals surface area contributed by atoms with E-state index in [9.17, 15) is 14.4 Å². The molecule has 1 aromatic rings. The normalized spacial score (nSPS) is 19.5. The topological polar surface area (TPSA) is 81.7 Å². The summed E-state index contributed by atoms with van der Waals surface area (Å²) >= 11 is 1.36. The van der Waals surface area contributed by atoms with E-state index in [1.54, 1.807) is 0 Å². The highest BCUT2D eigenvalue weighted by Crippen LogP contribution is 2.46. The van der Waals surface area contributed by atoms with Gasteiger partial charge in [0.1, 0.15) is 5.00 Å². The van der Waals surface area contributed by atoms with Crippen LogP contribution in [0.2, 0.25) is 0 Å². The number of carbonyl (C=O) groups excluding carboxylic acids is 3. The fourth-order valence-corrected chi connectivity index (χ4v) is 4.06. The van der Waals surface area contributed by atoms with Crippen LogP contribution in [0.5, 0.6) is 0 Å². The molecule has 3 rings (SSSR count). The summed E-state index contributed by atoms with van der Waals surface area (Å²) in [5.74, 6) is -1.38. The van der Waals surface area contributed by atoms with Crippen molar-refractivity contribution in [2.24, 2.45) is 5.92 Å². The zero-order valence-corrected chi connectivity index (χ0v) is 13.2. The smallest absolute Gasteiger partial charge is 0.341 e. The Kier molecular flexibility index (Phi) is 3.90. The molecule has 118 valence electrons. The number of nitrogens with one attached hydrogen (secondary N) is 1. The second-order valence-electron chi connectivity index (χ2n) is 5.51. The number of amides is 1. The zero-order chi connectivity index (χ0) is 15.9. The Morgan fingerprint density at radius 1 is 1.14 bits per heavy atom. The maximum Gasteiger partial charge on any atom is 0.341 e. The molecule has 0 aliphatic heterocycles. The quantitative estimate of drug-likeness (QED) is 0.858. The first kappa shape index (κ1) is 15.0. The van der Waals surface area contributed by atoms with E-state index in [4.69, 9.17) is 9.47 Å². The highest BCUT2D eigenvalue weighted by atomic mass is 32.1. The van der Waals surface area contributed by atoms with Crippen LogP contribution in [0.1, 0.15) is 46.0 Å². The molecule has 1 heterocycles. The van der Waals surface area contributed by atoms with Crippen molar-refractivity contribution < 1.29 is 23.9 Å². The zero-order valence-electron chi connectivity index (χ0n) is 12.4. The molecule has 1 aromatic heterocycles. The lowest BCUT2D eigenvalue weighted by atomic mass is 9.99. The second kappa shape index (κ2) is 5.72.